The van der Waals surface area contributed by atoms with Gasteiger partial charge in [0.15, 0.2) is 11.8 Å². The number of carbonyl (C=O) groups excluding carboxylic acids is 2. The van der Waals surface area contributed by atoms with E-state index >= 15 is 0 Å². The van der Waals surface area contributed by atoms with Gasteiger partial charge in [0.2, 0.25) is 11.8 Å². The second kappa shape index (κ2) is 8.41. The average Bonchev–Trinajstić information content (AvgIpc) is 3.48. The van der Waals surface area contributed by atoms with Gasteiger partial charge in [0.1, 0.15) is 12.4 Å². The molecule has 2 aliphatic carbocycles. The van der Waals surface area contributed by atoms with Crippen LogP contribution in [-0.4, -0.2) is 57.1 Å². The maximum absolute atomic E-state index is 12.7. The molecule has 9 heteroatoms. The van der Waals surface area contributed by atoms with Crippen LogP contribution < -0.4 is 10.6 Å². The third kappa shape index (κ3) is 3.64. The molecule has 3 aliphatic rings. The van der Waals surface area contributed by atoms with Gasteiger partial charge in [0, 0.05) is 26.7 Å². The van der Waals surface area contributed by atoms with Gasteiger partial charge in [-0.05, 0) is 31.6 Å². The summed E-state index contributed by atoms with van der Waals surface area (Å²) in [6.45, 7) is 7.62. The Hall–Kier alpha value is -2.97. The van der Waals surface area contributed by atoms with Gasteiger partial charge in [-0.25, -0.2) is 4.99 Å². The summed E-state index contributed by atoms with van der Waals surface area (Å²) in [5.41, 5.74) is 0. The fraction of sp³-hybridized carbons (Fsp3) is 0.571. The van der Waals surface area contributed by atoms with E-state index in [4.69, 9.17) is 0 Å². The van der Waals surface area contributed by atoms with Gasteiger partial charge in [-0.15, -0.1) is 16.8 Å². The summed E-state index contributed by atoms with van der Waals surface area (Å²) in [6.07, 6.45) is 7.62. The number of amides is 2. The van der Waals surface area contributed by atoms with Gasteiger partial charge in [0.25, 0.3) is 0 Å². The number of hydrogen-bond acceptors (Lipinski definition) is 5. The maximum atomic E-state index is 12.7. The van der Waals surface area contributed by atoms with E-state index in [1.54, 1.807) is 6.08 Å². The molecular formula is C21H29N7O2. The largest absolute Gasteiger partial charge is 0.356 e. The molecule has 4 rings (SSSR count). The molecule has 2 amide bonds. The summed E-state index contributed by atoms with van der Waals surface area (Å²) < 4.78 is 1.90. The molecule has 2 fully saturated rings. The van der Waals surface area contributed by atoms with Crippen molar-refractivity contribution in [3.8, 4) is 0 Å². The monoisotopic (exact) mass is 411 g/mol. The summed E-state index contributed by atoms with van der Waals surface area (Å²) in [4.78, 5) is 31.5. The number of allylic oxidation sites excluding steroid dienone is 2. The van der Waals surface area contributed by atoms with Crippen LogP contribution in [0.3, 0.4) is 0 Å². The van der Waals surface area contributed by atoms with Crippen LogP contribution in [0.25, 0.3) is 0 Å². The Bertz CT molecular complexity index is 873. The lowest BCUT2D eigenvalue weighted by molar-refractivity contribution is -0.140. The molecule has 1 aromatic rings. The van der Waals surface area contributed by atoms with Crippen molar-refractivity contribution in [1.82, 2.24) is 30.3 Å². The summed E-state index contributed by atoms with van der Waals surface area (Å²) in [5.74, 6) is 2.53. The van der Waals surface area contributed by atoms with Gasteiger partial charge in [-0.3, -0.25) is 14.5 Å². The second-order valence-electron chi connectivity index (χ2n) is 8.17. The van der Waals surface area contributed by atoms with E-state index in [0.717, 1.165) is 18.1 Å². The fourth-order valence-electron chi connectivity index (χ4n) is 4.71. The molecule has 2 bridgehead atoms. The quantitative estimate of drug-likeness (QED) is 0.213. The smallest absolute Gasteiger partial charge is 0.233 e. The van der Waals surface area contributed by atoms with Gasteiger partial charge >= 0.3 is 0 Å². The number of likely N-dealkylation sites (tertiary alicyclic amines) is 1. The van der Waals surface area contributed by atoms with Crippen LogP contribution >= 0.6 is 0 Å². The molecule has 2 heterocycles. The number of aromatic nitrogens is 3. The Balaban J connectivity index is 1.29. The Labute approximate surface area is 176 Å². The number of nitrogens with zero attached hydrogens (tertiary/aromatic N) is 5. The van der Waals surface area contributed by atoms with Crippen LogP contribution in [0.5, 0.6) is 0 Å². The molecule has 4 atom stereocenters. The van der Waals surface area contributed by atoms with Crippen molar-refractivity contribution in [3.63, 3.8) is 0 Å². The summed E-state index contributed by atoms with van der Waals surface area (Å²) in [5, 5.41) is 14.6. The zero-order chi connectivity index (χ0) is 21.3. The number of carbonyl (C=O) groups is 2. The van der Waals surface area contributed by atoms with E-state index in [2.05, 4.69) is 44.6 Å². The highest BCUT2D eigenvalue weighted by molar-refractivity contribution is 6.06. The van der Waals surface area contributed by atoms with Crippen LogP contribution in [0.1, 0.15) is 24.5 Å². The number of aryl methyl sites for hydroxylation is 1. The third-order valence-electron chi connectivity index (χ3n) is 6.39. The van der Waals surface area contributed by atoms with Crippen molar-refractivity contribution in [2.75, 3.05) is 19.6 Å². The normalized spacial score (nSPS) is 27.1. The van der Waals surface area contributed by atoms with E-state index in [9.17, 15) is 9.59 Å². The summed E-state index contributed by atoms with van der Waals surface area (Å²) in [6, 6.07) is 0. The molecule has 2 N–H and O–H groups in total. The van der Waals surface area contributed by atoms with Crippen molar-refractivity contribution < 1.29 is 9.59 Å². The van der Waals surface area contributed by atoms with Crippen LogP contribution in [0.2, 0.25) is 0 Å². The minimum absolute atomic E-state index is 0.0122. The van der Waals surface area contributed by atoms with E-state index in [0.29, 0.717) is 38.6 Å². The van der Waals surface area contributed by atoms with Crippen LogP contribution in [-0.2, 0) is 23.2 Å². The van der Waals surface area contributed by atoms with Crippen molar-refractivity contribution in [2.45, 2.75) is 26.3 Å². The molecule has 0 spiro atoms. The number of imide groups is 1. The highest BCUT2D eigenvalue weighted by atomic mass is 16.2. The molecule has 160 valence electrons. The molecule has 0 aromatic carbocycles. The SMILES string of the molecule is C=CCNC(=NCc1nnc(C)n1C)NCCCN1C(=O)C2C3C=CC(C3)C2C1=O. The lowest BCUT2D eigenvalue weighted by atomic mass is 9.85. The first-order valence-corrected chi connectivity index (χ1v) is 10.5. The topological polar surface area (TPSA) is 105 Å². The molecule has 4 unspecified atom stereocenters. The highest BCUT2D eigenvalue weighted by Crippen LogP contribution is 2.52. The highest BCUT2D eigenvalue weighted by Gasteiger charge is 2.58. The van der Waals surface area contributed by atoms with Crippen LogP contribution in [0.15, 0.2) is 29.8 Å². The first-order chi connectivity index (χ1) is 14.5. The van der Waals surface area contributed by atoms with Crippen molar-refractivity contribution in [2.24, 2.45) is 35.7 Å². The minimum Gasteiger partial charge on any atom is -0.356 e. The number of aliphatic imine (C=N–C) groups is 1. The molecule has 9 nitrogen and oxygen atoms in total. The zero-order valence-electron chi connectivity index (χ0n) is 17.5. The Kier molecular flexibility index (Phi) is 5.69. The van der Waals surface area contributed by atoms with Gasteiger partial charge in [-0.1, -0.05) is 18.2 Å². The number of guanidine groups is 1. The third-order valence-corrected chi connectivity index (χ3v) is 6.39. The molecule has 1 saturated carbocycles. The lowest BCUT2D eigenvalue weighted by Gasteiger charge is -2.18. The molecule has 0 radical (unpaired) electrons. The molecule has 1 saturated heterocycles. The molecule has 1 aromatic heterocycles. The average molecular weight is 412 g/mol. The molecule has 30 heavy (non-hydrogen) atoms. The van der Waals surface area contributed by atoms with Crippen molar-refractivity contribution in [3.05, 3.63) is 36.5 Å². The predicted octanol–water partition coefficient (Wildman–Crippen LogP) is 0.542. The number of fused-ring (bicyclic) bond motifs is 5. The number of rotatable bonds is 8. The van der Waals surface area contributed by atoms with Gasteiger partial charge < -0.3 is 15.2 Å². The molecule has 1 aliphatic heterocycles. The first-order valence-electron chi connectivity index (χ1n) is 10.5. The maximum Gasteiger partial charge on any atom is 0.233 e. The van der Waals surface area contributed by atoms with E-state index in [1.807, 2.05) is 18.5 Å². The Morgan fingerprint density at radius 2 is 1.93 bits per heavy atom. The standard InChI is InChI=1S/C21H29N7O2/c1-4-8-22-21(24-12-16-26-25-13(2)27(16)3)23-9-5-10-28-19(29)17-14-6-7-15(11-14)18(17)20(28)30/h4,6-7,14-15,17-18H,1,5,8-12H2,2-3H3,(H2,22,23,24). The number of hydrogen-bond donors (Lipinski definition) is 2. The Morgan fingerprint density at radius 3 is 2.53 bits per heavy atom. The lowest BCUT2D eigenvalue weighted by Crippen LogP contribution is -2.40. The Morgan fingerprint density at radius 1 is 1.23 bits per heavy atom. The molecular weight excluding hydrogens is 382 g/mol. The predicted molar refractivity (Wildman–Crippen MR) is 112 cm³/mol. The van der Waals surface area contributed by atoms with Crippen LogP contribution in [0, 0.1) is 30.6 Å². The first kappa shape index (κ1) is 20.3. The summed E-state index contributed by atoms with van der Waals surface area (Å²) >= 11 is 0. The van der Waals surface area contributed by atoms with E-state index < -0.39 is 0 Å². The van der Waals surface area contributed by atoms with Crippen molar-refractivity contribution in [1.29, 1.82) is 0 Å². The summed E-state index contributed by atoms with van der Waals surface area (Å²) in [7, 11) is 1.91. The van der Waals surface area contributed by atoms with Crippen LogP contribution in [0.4, 0.5) is 0 Å². The van der Waals surface area contributed by atoms with E-state index in [-0.39, 0.29) is 35.5 Å². The number of nitrogens with one attached hydrogen (secondary N) is 2. The zero-order valence-corrected chi connectivity index (χ0v) is 17.5. The van der Waals surface area contributed by atoms with Gasteiger partial charge in [0.05, 0.1) is 11.8 Å². The minimum atomic E-state index is -0.123. The van der Waals surface area contributed by atoms with E-state index in [1.165, 1.54) is 4.90 Å². The van der Waals surface area contributed by atoms with Gasteiger partial charge in [-0.2, -0.15) is 0 Å². The fourth-order valence-corrected chi connectivity index (χ4v) is 4.71. The second-order valence-corrected chi connectivity index (χ2v) is 8.17. The van der Waals surface area contributed by atoms with Crippen molar-refractivity contribution >= 4 is 17.8 Å².